The maximum atomic E-state index is 11.6. The molecule has 0 bridgehead atoms. The SMILES string of the molecule is CCC[C@H](NC(=O)NCC(C)(C)C(=O)NC)C(=O)O. The molecule has 7 heteroatoms. The Morgan fingerprint density at radius 2 is 1.84 bits per heavy atom. The molecule has 0 aliphatic carbocycles. The zero-order valence-corrected chi connectivity index (χ0v) is 11.9. The fraction of sp³-hybridized carbons (Fsp3) is 0.750. The standard InChI is InChI=1S/C12H23N3O4/c1-5-6-8(9(16)17)15-11(19)14-7-12(2,3)10(18)13-4/h8H,5-7H2,1-4H3,(H,13,18)(H,16,17)(H2,14,15,19)/t8-/m0/s1. The van der Waals surface area contributed by atoms with Crippen molar-refractivity contribution in [2.45, 2.75) is 39.7 Å². The van der Waals surface area contributed by atoms with Gasteiger partial charge < -0.3 is 21.1 Å². The summed E-state index contributed by atoms with van der Waals surface area (Å²) in [5.74, 6) is -1.27. The van der Waals surface area contributed by atoms with Crippen molar-refractivity contribution in [1.82, 2.24) is 16.0 Å². The fourth-order valence-corrected chi connectivity index (χ4v) is 1.48. The first-order valence-electron chi connectivity index (χ1n) is 6.24. The van der Waals surface area contributed by atoms with E-state index in [1.165, 1.54) is 7.05 Å². The van der Waals surface area contributed by atoms with E-state index < -0.39 is 23.5 Å². The maximum absolute atomic E-state index is 11.6. The highest BCUT2D eigenvalue weighted by atomic mass is 16.4. The molecule has 0 heterocycles. The van der Waals surface area contributed by atoms with Crippen LogP contribution in [0.15, 0.2) is 0 Å². The Hall–Kier alpha value is -1.79. The monoisotopic (exact) mass is 273 g/mol. The van der Waals surface area contributed by atoms with E-state index in [1.807, 2.05) is 6.92 Å². The molecule has 0 aliphatic heterocycles. The maximum Gasteiger partial charge on any atom is 0.326 e. The summed E-state index contributed by atoms with van der Waals surface area (Å²) in [6.07, 6.45) is 1.02. The van der Waals surface area contributed by atoms with Crippen LogP contribution in [0.4, 0.5) is 4.79 Å². The van der Waals surface area contributed by atoms with Gasteiger partial charge in [-0.2, -0.15) is 0 Å². The molecule has 0 aromatic heterocycles. The van der Waals surface area contributed by atoms with E-state index >= 15 is 0 Å². The van der Waals surface area contributed by atoms with Crippen LogP contribution < -0.4 is 16.0 Å². The number of rotatable bonds is 7. The molecule has 0 aromatic carbocycles. The smallest absolute Gasteiger partial charge is 0.326 e. The molecule has 7 nitrogen and oxygen atoms in total. The first kappa shape index (κ1) is 17.2. The van der Waals surface area contributed by atoms with Gasteiger partial charge in [0.2, 0.25) is 5.91 Å². The van der Waals surface area contributed by atoms with Crippen molar-refractivity contribution in [2.24, 2.45) is 5.41 Å². The van der Waals surface area contributed by atoms with Gasteiger partial charge in [0.25, 0.3) is 0 Å². The van der Waals surface area contributed by atoms with E-state index in [1.54, 1.807) is 13.8 Å². The summed E-state index contributed by atoms with van der Waals surface area (Å²) < 4.78 is 0. The Morgan fingerprint density at radius 3 is 2.26 bits per heavy atom. The van der Waals surface area contributed by atoms with Crippen molar-refractivity contribution < 1.29 is 19.5 Å². The van der Waals surface area contributed by atoms with Crippen LogP contribution in [0.1, 0.15) is 33.6 Å². The van der Waals surface area contributed by atoms with Gasteiger partial charge in [0.15, 0.2) is 0 Å². The first-order chi connectivity index (χ1) is 8.74. The molecule has 1 atom stereocenters. The number of carbonyl (C=O) groups is 3. The molecule has 0 saturated carbocycles. The Morgan fingerprint density at radius 1 is 1.26 bits per heavy atom. The number of hydrogen-bond acceptors (Lipinski definition) is 3. The topological polar surface area (TPSA) is 108 Å². The number of aliphatic carboxylic acids is 1. The summed E-state index contributed by atoms with van der Waals surface area (Å²) in [5, 5.41) is 16.3. The van der Waals surface area contributed by atoms with Crippen LogP contribution in [-0.4, -0.2) is 42.6 Å². The summed E-state index contributed by atoms with van der Waals surface area (Å²) in [4.78, 5) is 33.9. The number of carboxylic acids is 1. The summed E-state index contributed by atoms with van der Waals surface area (Å²) >= 11 is 0. The summed E-state index contributed by atoms with van der Waals surface area (Å²) in [6, 6.07) is -1.49. The quantitative estimate of drug-likeness (QED) is 0.535. The lowest BCUT2D eigenvalue weighted by atomic mass is 9.92. The molecule has 0 spiro atoms. The zero-order valence-electron chi connectivity index (χ0n) is 11.9. The Kier molecular flexibility index (Phi) is 6.89. The molecule has 0 saturated heterocycles. The number of hydrogen-bond donors (Lipinski definition) is 4. The van der Waals surface area contributed by atoms with E-state index in [0.29, 0.717) is 12.8 Å². The molecular weight excluding hydrogens is 250 g/mol. The van der Waals surface area contributed by atoms with Crippen molar-refractivity contribution in [2.75, 3.05) is 13.6 Å². The molecule has 0 radical (unpaired) electrons. The lowest BCUT2D eigenvalue weighted by molar-refractivity contribution is -0.139. The molecule has 0 aliphatic rings. The van der Waals surface area contributed by atoms with Crippen molar-refractivity contribution in [3.05, 3.63) is 0 Å². The third-order valence-corrected chi connectivity index (χ3v) is 2.71. The Balaban J connectivity index is 4.31. The van der Waals surface area contributed by atoms with Gasteiger partial charge in [-0.05, 0) is 20.3 Å². The highest BCUT2D eigenvalue weighted by molar-refractivity contribution is 5.84. The predicted octanol–water partition coefficient (Wildman–Crippen LogP) is 0.311. The summed E-state index contributed by atoms with van der Waals surface area (Å²) in [7, 11) is 1.52. The van der Waals surface area contributed by atoms with Crippen molar-refractivity contribution >= 4 is 17.9 Å². The highest BCUT2D eigenvalue weighted by Crippen LogP contribution is 2.12. The lowest BCUT2D eigenvalue weighted by Gasteiger charge is -2.23. The minimum Gasteiger partial charge on any atom is -0.480 e. The first-order valence-corrected chi connectivity index (χ1v) is 6.24. The van der Waals surface area contributed by atoms with Crippen LogP contribution in [0, 0.1) is 5.41 Å². The summed E-state index contributed by atoms with van der Waals surface area (Å²) in [5.41, 5.74) is -0.754. The van der Waals surface area contributed by atoms with Gasteiger partial charge >= 0.3 is 12.0 Å². The van der Waals surface area contributed by atoms with Crippen molar-refractivity contribution in [1.29, 1.82) is 0 Å². The molecule has 19 heavy (non-hydrogen) atoms. The van der Waals surface area contributed by atoms with Gasteiger partial charge in [0, 0.05) is 13.6 Å². The largest absolute Gasteiger partial charge is 0.480 e. The van der Waals surface area contributed by atoms with Gasteiger partial charge in [-0.15, -0.1) is 0 Å². The zero-order chi connectivity index (χ0) is 15.1. The third-order valence-electron chi connectivity index (χ3n) is 2.71. The minimum atomic E-state index is -1.07. The minimum absolute atomic E-state index is 0.122. The number of nitrogens with one attached hydrogen (secondary N) is 3. The molecule has 3 amide bonds. The normalized spacial score (nSPS) is 12.4. The number of amides is 3. The van der Waals surface area contributed by atoms with Gasteiger partial charge in [-0.3, -0.25) is 4.79 Å². The molecule has 0 aromatic rings. The second kappa shape index (κ2) is 7.60. The second-order valence-electron chi connectivity index (χ2n) is 4.97. The Bertz CT molecular complexity index is 342. The summed E-state index contributed by atoms with van der Waals surface area (Å²) in [6.45, 7) is 5.33. The fourth-order valence-electron chi connectivity index (χ4n) is 1.48. The van der Waals surface area contributed by atoms with Crippen LogP contribution in [-0.2, 0) is 9.59 Å². The van der Waals surface area contributed by atoms with E-state index in [9.17, 15) is 14.4 Å². The van der Waals surface area contributed by atoms with E-state index in [0.717, 1.165) is 0 Å². The highest BCUT2D eigenvalue weighted by Gasteiger charge is 2.27. The van der Waals surface area contributed by atoms with Crippen LogP contribution in [0.2, 0.25) is 0 Å². The Labute approximate surface area is 113 Å². The van der Waals surface area contributed by atoms with Crippen LogP contribution in [0.3, 0.4) is 0 Å². The van der Waals surface area contributed by atoms with Gasteiger partial charge in [0.1, 0.15) is 6.04 Å². The van der Waals surface area contributed by atoms with Crippen molar-refractivity contribution in [3.63, 3.8) is 0 Å². The van der Waals surface area contributed by atoms with E-state index in [2.05, 4.69) is 16.0 Å². The van der Waals surface area contributed by atoms with Crippen LogP contribution >= 0.6 is 0 Å². The third kappa shape index (κ3) is 6.08. The number of urea groups is 1. The lowest BCUT2D eigenvalue weighted by Crippen LogP contribution is -2.50. The van der Waals surface area contributed by atoms with Gasteiger partial charge in [-0.1, -0.05) is 13.3 Å². The second-order valence-corrected chi connectivity index (χ2v) is 4.97. The van der Waals surface area contributed by atoms with Crippen LogP contribution in [0.5, 0.6) is 0 Å². The molecule has 0 rings (SSSR count). The average Bonchev–Trinajstić information content (AvgIpc) is 2.34. The predicted molar refractivity (Wildman–Crippen MR) is 70.7 cm³/mol. The van der Waals surface area contributed by atoms with Crippen LogP contribution in [0.25, 0.3) is 0 Å². The van der Waals surface area contributed by atoms with E-state index in [-0.39, 0.29) is 12.5 Å². The van der Waals surface area contributed by atoms with Gasteiger partial charge in [-0.25, -0.2) is 9.59 Å². The number of carboxylic acid groups (broad SMARTS) is 1. The van der Waals surface area contributed by atoms with Gasteiger partial charge in [0.05, 0.1) is 5.41 Å². The number of carbonyl (C=O) groups excluding carboxylic acids is 2. The van der Waals surface area contributed by atoms with Crippen molar-refractivity contribution in [3.8, 4) is 0 Å². The average molecular weight is 273 g/mol. The molecule has 4 N–H and O–H groups in total. The van der Waals surface area contributed by atoms with E-state index in [4.69, 9.17) is 5.11 Å². The molecule has 0 unspecified atom stereocenters. The molecule has 110 valence electrons. The molecule has 0 fully saturated rings. The molecular formula is C12H23N3O4.